The highest BCUT2D eigenvalue weighted by molar-refractivity contribution is 9.10. The van der Waals surface area contributed by atoms with Crippen molar-refractivity contribution in [3.8, 4) is 0 Å². The number of rotatable bonds is 4. The van der Waals surface area contributed by atoms with E-state index in [1.807, 2.05) is 0 Å². The zero-order valence-corrected chi connectivity index (χ0v) is 12.7. The monoisotopic (exact) mass is 348 g/mol. The van der Waals surface area contributed by atoms with Crippen LogP contribution in [0.3, 0.4) is 0 Å². The van der Waals surface area contributed by atoms with Crippen LogP contribution in [0.15, 0.2) is 27.6 Å². The quantitative estimate of drug-likeness (QED) is 0.718. The zero-order chi connectivity index (χ0) is 14.0. The summed E-state index contributed by atoms with van der Waals surface area (Å²) in [6.45, 7) is 0.348. The molecule has 0 aromatic heterocycles. The lowest BCUT2D eigenvalue weighted by Gasteiger charge is -2.12. The predicted octanol–water partition coefficient (Wildman–Crippen LogP) is 1.47. The minimum Gasteiger partial charge on any atom is -0.399 e. The maximum Gasteiger partial charge on any atom is 0.241 e. The van der Waals surface area contributed by atoms with Crippen LogP contribution in [0, 0.1) is 5.92 Å². The Labute approximate surface area is 121 Å². The number of benzene rings is 1. The van der Waals surface area contributed by atoms with Gasteiger partial charge >= 0.3 is 0 Å². The normalized spacial score (nSPS) is 23.7. The van der Waals surface area contributed by atoms with E-state index in [2.05, 4.69) is 20.7 Å². The van der Waals surface area contributed by atoms with Gasteiger partial charge in [-0.3, -0.25) is 0 Å². The molecule has 0 aliphatic heterocycles. The van der Waals surface area contributed by atoms with Crippen molar-refractivity contribution in [3.05, 3.63) is 22.7 Å². The number of aliphatic hydroxyl groups excluding tert-OH is 1. The van der Waals surface area contributed by atoms with Gasteiger partial charge in [0.25, 0.3) is 0 Å². The molecule has 19 heavy (non-hydrogen) atoms. The van der Waals surface area contributed by atoms with Crippen molar-refractivity contribution >= 4 is 31.6 Å². The number of hydrogen-bond donors (Lipinski definition) is 3. The van der Waals surface area contributed by atoms with E-state index in [0.717, 1.165) is 12.8 Å². The fraction of sp³-hybridized carbons (Fsp3) is 0.500. The highest BCUT2D eigenvalue weighted by Crippen LogP contribution is 2.27. The number of nitrogen functional groups attached to an aromatic ring is 1. The summed E-state index contributed by atoms with van der Waals surface area (Å²) in [7, 11) is -3.58. The van der Waals surface area contributed by atoms with Crippen LogP contribution >= 0.6 is 15.9 Å². The van der Waals surface area contributed by atoms with Gasteiger partial charge in [-0.05, 0) is 59.3 Å². The predicted molar refractivity (Wildman–Crippen MR) is 77.1 cm³/mol. The van der Waals surface area contributed by atoms with Crippen molar-refractivity contribution < 1.29 is 13.5 Å². The van der Waals surface area contributed by atoms with Gasteiger partial charge in [-0.25, -0.2) is 13.1 Å². The second-order valence-electron chi connectivity index (χ2n) is 4.87. The van der Waals surface area contributed by atoms with Crippen molar-refractivity contribution in [2.45, 2.75) is 30.3 Å². The van der Waals surface area contributed by atoms with E-state index in [9.17, 15) is 13.5 Å². The van der Waals surface area contributed by atoms with Crippen LogP contribution in [-0.4, -0.2) is 26.2 Å². The Kier molecular flexibility index (Phi) is 4.50. The Morgan fingerprint density at radius 3 is 2.79 bits per heavy atom. The SMILES string of the molecule is Nc1ccc(Br)c(S(=O)(=O)NCC2CCC(O)C2)c1. The van der Waals surface area contributed by atoms with Gasteiger partial charge in [-0.1, -0.05) is 0 Å². The van der Waals surface area contributed by atoms with Crippen LogP contribution in [0.1, 0.15) is 19.3 Å². The van der Waals surface area contributed by atoms with Crippen molar-refractivity contribution in [1.82, 2.24) is 4.72 Å². The van der Waals surface area contributed by atoms with Crippen LogP contribution in [0.5, 0.6) is 0 Å². The number of nitrogens with one attached hydrogen (secondary N) is 1. The lowest BCUT2D eigenvalue weighted by atomic mass is 10.1. The van der Waals surface area contributed by atoms with E-state index in [1.54, 1.807) is 12.1 Å². The Bertz CT molecular complexity index is 562. The number of aliphatic hydroxyl groups is 1. The molecule has 0 saturated heterocycles. The van der Waals surface area contributed by atoms with Gasteiger partial charge in [0.05, 0.1) is 11.0 Å². The number of halogens is 1. The Morgan fingerprint density at radius 1 is 1.42 bits per heavy atom. The molecule has 0 radical (unpaired) electrons. The summed E-state index contributed by atoms with van der Waals surface area (Å²) in [4.78, 5) is 0.144. The average Bonchev–Trinajstić information content (AvgIpc) is 2.76. The van der Waals surface area contributed by atoms with Crippen molar-refractivity contribution in [1.29, 1.82) is 0 Å². The fourth-order valence-corrected chi connectivity index (χ4v) is 4.38. The lowest BCUT2D eigenvalue weighted by Crippen LogP contribution is -2.29. The summed E-state index contributed by atoms with van der Waals surface area (Å²) in [6.07, 6.45) is 1.95. The number of anilines is 1. The average molecular weight is 349 g/mol. The minimum atomic E-state index is -3.58. The smallest absolute Gasteiger partial charge is 0.241 e. The third-order valence-electron chi connectivity index (χ3n) is 3.32. The molecule has 1 aliphatic carbocycles. The van der Waals surface area contributed by atoms with E-state index >= 15 is 0 Å². The highest BCUT2D eigenvalue weighted by atomic mass is 79.9. The minimum absolute atomic E-state index is 0.144. The summed E-state index contributed by atoms with van der Waals surface area (Å²) in [5.74, 6) is 0.199. The molecule has 1 aromatic rings. The fourth-order valence-electron chi connectivity index (χ4n) is 2.27. The first kappa shape index (κ1) is 14.8. The molecule has 5 nitrogen and oxygen atoms in total. The first-order chi connectivity index (χ1) is 8.88. The molecule has 0 bridgehead atoms. The second-order valence-corrected chi connectivity index (χ2v) is 7.46. The van der Waals surface area contributed by atoms with E-state index in [0.29, 0.717) is 23.1 Å². The van der Waals surface area contributed by atoms with Crippen LogP contribution in [0.4, 0.5) is 5.69 Å². The van der Waals surface area contributed by atoms with Crippen LogP contribution in [0.25, 0.3) is 0 Å². The summed E-state index contributed by atoms with van der Waals surface area (Å²) in [5, 5.41) is 9.43. The third-order valence-corrected chi connectivity index (χ3v) is 5.74. The third kappa shape index (κ3) is 3.68. The van der Waals surface area contributed by atoms with E-state index in [1.165, 1.54) is 6.07 Å². The van der Waals surface area contributed by atoms with Gasteiger partial charge < -0.3 is 10.8 Å². The Hall–Kier alpha value is -0.630. The van der Waals surface area contributed by atoms with Gasteiger partial charge in [0.2, 0.25) is 10.0 Å². The maximum atomic E-state index is 12.2. The Balaban J connectivity index is 2.08. The number of hydrogen-bond acceptors (Lipinski definition) is 4. The maximum absolute atomic E-state index is 12.2. The summed E-state index contributed by atoms with van der Waals surface area (Å²) < 4.78 is 27.4. The van der Waals surface area contributed by atoms with Gasteiger partial charge in [-0.2, -0.15) is 0 Å². The molecule has 1 saturated carbocycles. The first-order valence-electron chi connectivity index (χ1n) is 6.11. The molecule has 106 valence electrons. The summed E-state index contributed by atoms with van der Waals surface area (Å²) >= 11 is 3.21. The topological polar surface area (TPSA) is 92.4 Å². The molecule has 1 aliphatic rings. The summed E-state index contributed by atoms with van der Waals surface area (Å²) in [5.41, 5.74) is 6.02. The summed E-state index contributed by atoms with van der Waals surface area (Å²) in [6, 6.07) is 4.68. The number of nitrogens with two attached hydrogens (primary N) is 1. The molecule has 4 N–H and O–H groups in total. The molecule has 0 heterocycles. The van der Waals surface area contributed by atoms with E-state index in [-0.39, 0.29) is 16.9 Å². The second kappa shape index (κ2) is 5.78. The van der Waals surface area contributed by atoms with Crippen molar-refractivity contribution in [2.24, 2.45) is 5.92 Å². The number of sulfonamides is 1. The largest absolute Gasteiger partial charge is 0.399 e. The highest BCUT2D eigenvalue weighted by Gasteiger charge is 2.25. The molecule has 1 fully saturated rings. The van der Waals surface area contributed by atoms with Crippen LogP contribution in [-0.2, 0) is 10.0 Å². The van der Waals surface area contributed by atoms with E-state index in [4.69, 9.17) is 5.73 Å². The molecule has 0 spiro atoms. The van der Waals surface area contributed by atoms with Gasteiger partial charge in [-0.15, -0.1) is 0 Å². The van der Waals surface area contributed by atoms with Gasteiger partial charge in [0.15, 0.2) is 0 Å². The lowest BCUT2D eigenvalue weighted by molar-refractivity contribution is 0.178. The molecule has 0 amide bonds. The van der Waals surface area contributed by atoms with Crippen LogP contribution in [0.2, 0.25) is 0 Å². The van der Waals surface area contributed by atoms with Crippen LogP contribution < -0.4 is 10.5 Å². The van der Waals surface area contributed by atoms with Gasteiger partial charge in [0.1, 0.15) is 0 Å². The molecule has 2 rings (SSSR count). The molecule has 7 heteroatoms. The van der Waals surface area contributed by atoms with Crippen molar-refractivity contribution in [2.75, 3.05) is 12.3 Å². The molecule has 2 unspecified atom stereocenters. The first-order valence-corrected chi connectivity index (χ1v) is 8.39. The zero-order valence-electron chi connectivity index (χ0n) is 10.3. The van der Waals surface area contributed by atoms with Crippen molar-refractivity contribution in [3.63, 3.8) is 0 Å². The van der Waals surface area contributed by atoms with Gasteiger partial charge in [0, 0.05) is 16.7 Å². The molecular formula is C12H17BrN2O3S. The standard InChI is InChI=1S/C12H17BrN2O3S/c13-11-4-2-9(14)6-12(11)19(17,18)15-7-8-1-3-10(16)5-8/h2,4,6,8,10,15-16H,1,3,5,7,14H2. The molecular weight excluding hydrogens is 332 g/mol. The molecule has 1 aromatic carbocycles. The Morgan fingerprint density at radius 2 is 2.16 bits per heavy atom. The van der Waals surface area contributed by atoms with E-state index < -0.39 is 10.0 Å². The molecule has 2 atom stereocenters.